The van der Waals surface area contributed by atoms with Gasteiger partial charge in [-0.3, -0.25) is 14.3 Å². The van der Waals surface area contributed by atoms with E-state index in [9.17, 15) is 9.59 Å². The first-order chi connectivity index (χ1) is 9.52. The maximum absolute atomic E-state index is 12.6. The van der Waals surface area contributed by atoms with E-state index < -0.39 is 12.0 Å². The van der Waals surface area contributed by atoms with Gasteiger partial charge in [-0.1, -0.05) is 6.92 Å². The van der Waals surface area contributed by atoms with Crippen molar-refractivity contribution in [1.82, 2.24) is 14.7 Å². The van der Waals surface area contributed by atoms with E-state index >= 15 is 0 Å². The summed E-state index contributed by atoms with van der Waals surface area (Å²) >= 11 is 0. The molecular formula is C13H19N3O4. The fourth-order valence-corrected chi connectivity index (χ4v) is 2.42. The highest BCUT2D eigenvalue weighted by Gasteiger charge is 2.31. The molecule has 0 aliphatic carbocycles. The molecular weight excluding hydrogens is 262 g/mol. The number of carbonyl (C=O) groups excluding carboxylic acids is 1. The Morgan fingerprint density at radius 3 is 2.95 bits per heavy atom. The Kier molecular flexibility index (Phi) is 4.39. The summed E-state index contributed by atoms with van der Waals surface area (Å²) in [5.74, 6) is -1.09. The highest BCUT2D eigenvalue weighted by atomic mass is 16.5. The van der Waals surface area contributed by atoms with Crippen molar-refractivity contribution in [3.05, 3.63) is 17.5 Å². The van der Waals surface area contributed by atoms with Crippen molar-refractivity contribution in [1.29, 1.82) is 0 Å². The fraction of sp³-hybridized carbons (Fsp3) is 0.615. The number of morpholine rings is 1. The monoisotopic (exact) mass is 281 g/mol. The SMILES string of the molecule is CCc1nn(C)cc1C(=O)N1CCOCC1CC(=O)O. The van der Waals surface area contributed by atoms with E-state index in [1.807, 2.05) is 6.92 Å². The summed E-state index contributed by atoms with van der Waals surface area (Å²) < 4.78 is 6.89. The number of ether oxygens (including phenoxy) is 1. The molecule has 0 saturated carbocycles. The largest absolute Gasteiger partial charge is 0.481 e. The number of aryl methyl sites for hydroxylation is 2. The summed E-state index contributed by atoms with van der Waals surface area (Å²) in [4.78, 5) is 25.1. The van der Waals surface area contributed by atoms with Crippen molar-refractivity contribution in [3.8, 4) is 0 Å². The van der Waals surface area contributed by atoms with Gasteiger partial charge in [-0.05, 0) is 6.42 Å². The molecule has 1 N–H and O–H groups in total. The molecule has 2 rings (SSSR count). The van der Waals surface area contributed by atoms with Crippen molar-refractivity contribution >= 4 is 11.9 Å². The van der Waals surface area contributed by atoms with Gasteiger partial charge in [0, 0.05) is 19.8 Å². The smallest absolute Gasteiger partial charge is 0.305 e. The van der Waals surface area contributed by atoms with Crippen LogP contribution in [0, 0.1) is 0 Å². The van der Waals surface area contributed by atoms with Crippen LogP contribution in [0.15, 0.2) is 6.20 Å². The van der Waals surface area contributed by atoms with Crippen molar-refractivity contribution in [2.75, 3.05) is 19.8 Å². The van der Waals surface area contributed by atoms with Crippen molar-refractivity contribution < 1.29 is 19.4 Å². The minimum absolute atomic E-state index is 0.104. The van der Waals surface area contributed by atoms with Gasteiger partial charge in [-0.15, -0.1) is 0 Å². The molecule has 1 amide bonds. The Labute approximate surface area is 117 Å². The molecule has 0 bridgehead atoms. The lowest BCUT2D eigenvalue weighted by Crippen LogP contribution is -2.49. The predicted octanol–water partition coefficient (Wildman–Crippen LogP) is 0.298. The number of amides is 1. The first-order valence-corrected chi connectivity index (χ1v) is 6.66. The number of aromatic nitrogens is 2. The van der Waals surface area contributed by atoms with Crippen LogP contribution in [-0.2, 0) is 23.0 Å². The van der Waals surface area contributed by atoms with Crippen molar-refractivity contribution in [2.45, 2.75) is 25.8 Å². The van der Waals surface area contributed by atoms with Gasteiger partial charge < -0.3 is 14.7 Å². The quantitative estimate of drug-likeness (QED) is 0.858. The summed E-state index contributed by atoms with van der Waals surface area (Å²) in [7, 11) is 1.77. The number of carbonyl (C=O) groups is 2. The highest BCUT2D eigenvalue weighted by molar-refractivity contribution is 5.95. The molecule has 1 fully saturated rings. The molecule has 0 spiro atoms. The zero-order chi connectivity index (χ0) is 14.7. The number of rotatable bonds is 4. The number of carboxylic acid groups (broad SMARTS) is 1. The number of hydrogen-bond acceptors (Lipinski definition) is 4. The maximum atomic E-state index is 12.6. The van der Waals surface area contributed by atoms with Crippen LogP contribution >= 0.6 is 0 Å². The topological polar surface area (TPSA) is 84.7 Å². The van der Waals surface area contributed by atoms with Gasteiger partial charge in [0.2, 0.25) is 0 Å². The highest BCUT2D eigenvalue weighted by Crippen LogP contribution is 2.17. The van der Waals surface area contributed by atoms with E-state index in [2.05, 4.69) is 5.10 Å². The van der Waals surface area contributed by atoms with Gasteiger partial charge in [0.25, 0.3) is 5.91 Å². The lowest BCUT2D eigenvalue weighted by Gasteiger charge is -2.34. The third-order valence-corrected chi connectivity index (χ3v) is 3.37. The first-order valence-electron chi connectivity index (χ1n) is 6.66. The number of nitrogens with zero attached hydrogens (tertiary/aromatic N) is 3. The Hall–Kier alpha value is -1.89. The number of hydrogen-bond donors (Lipinski definition) is 1. The van der Waals surface area contributed by atoms with Gasteiger partial charge in [0.15, 0.2) is 0 Å². The Bertz CT molecular complexity index is 512. The molecule has 1 aromatic rings. The van der Waals surface area contributed by atoms with Gasteiger partial charge >= 0.3 is 5.97 Å². The van der Waals surface area contributed by atoms with Crippen LogP contribution in [0.3, 0.4) is 0 Å². The van der Waals surface area contributed by atoms with Crippen LogP contribution in [0.1, 0.15) is 29.4 Å². The minimum atomic E-state index is -0.930. The third-order valence-electron chi connectivity index (χ3n) is 3.37. The van der Waals surface area contributed by atoms with Crippen LogP contribution in [0.2, 0.25) is 0 Å². The molecule has 2 heterocycles. The predicted molar refractivity (Wildman–Crippen MR) is 70.5 cm³/mol. The average Bonchev–Trinajstić information content (AvgIpc) is 2.79. The molecule has 1 aromatic heterocycles. The Morgan fingerprint density at radius 2 is 2.30 bits per heavy atom. The molecule has 7 nitrogen and oxygen atoms in total. The Balaban J connectivity index is 2.22. The fourth-order valence-electron chi connectivity index (χ4n) is 2.42. The second-order valence-electron chi connectivity index (χ2n) is 4.84. The molecule has 7 heteroatoms. The van der Waals surface area contributed by atoms with Crippen molar-refractivity contribution in [2.24, 2.45) is 7.05 Å². The zero-order valence-corrected chi connectivity index (χ0v) is 11.7. The van der Waals surface area contributed by atoms with Gasteiger partial charge in [-0.2, -0.15) is 5.10 Å². The van der Waals surface area contributed by atoms with Crippen LogP contribution in [0.4, 0.5) is 0 Å². The average molecular weight is 281 g/mol. The maximum Gasteiger partial charge on any atom is 0.305 e. The molecule has 1 aliphatic rings. The van der Waals surface area contributed by atoms with Crippen molar-refractivity contribution in [3.63, 3.8) is 0 Å². The second kappa shape index (κ2) is 6.04. The lowest BCUT2D eigenvalue weighted by atomic mass is 10.1. The Morgan fingerprint density at radius 1 is 1.55 bits per heavy atom. The van der Waals surface area contributed by atoms with Crippen LogP contribution in [-0.4, -0.2) is 57.5 Å². The summed E-state index contributed by atoms with van der Waals surface area (Å²) in [6.45, 7) is 3.05. The standard InChI is InChI=1S/C13H19N3O4/c1-3-11-10(7-15(2)14-11)13(19)16-4-5-20-8-9(16)6-12(17)18/h7,9H,3-6,8H2,1-2H3,(H,17,18). The van der Waals surface area contributed by atoms with Gasteiger partial charge in [-0.25, -0.2) is 0 Å². The van der Waals surface area contributed by atoms with E-state index in [0.29, 0.717) is 25.1 Å². The molecule has 1 atom stereocenters. The first kappa shape index (κ1) is 14.5. The summed E-state index contributed by atoms with van der Waals surface area (Å²) in [5.41, 5.74) is 1.28. The molecule has 0 radical (unpaired) electrons. The van der Waals surface area contributed by atoms with Gasteiger partial charge in [0.05, 0.1) is 36.9 Å². The molecule has 1 unspecified atom stereocenters. The van der Waals surface area contributed by atoms with Crippen LogP contribution in [0.25, 0.3) is 0 Å². The number of carboxylic acids is 1. The summed E-state index contributed by atoms with van der Waals surface area (Å²) in [6, 6.07) is -0.418. The van der Waals surface area contributed by atoms with E-state index in [0.717, 1.165) is 5.69 Å². The molecule has 1 aliphatic heterocycles. The summed E-state index contributed by atoms with van der Waals surface area (Å²) in [6.07, 6.45) is 2.25. The van der Waals surface area contributed by atoms with E-state index in [1.54, 1.807) is 22.8 Å². The van der Waals surface area contributed by atoms with E-state index in [-0.39, 0.29) is 18.9 Å². The third kappa shape index (κ3) is 2.98. The molecule has 110 valence electrons. The van der Waals surface area contributed by atoms with Crippen LogP contribution < -0.4 is 0 Å². The second-order valence-corrected chi connectivity index (χ2v) is 4.84. The summed E-state index contributed by atoms with van der Waals surface area (Å²) in [5, 5.41) is 13.2. The normalized spacial score (nSPS) is 19.1. The van der Waals surface area contributed by atoms with E-state index in [4.69, 9.17) is 9.84 Å². The van der Waals surface area contributed by atoms with E-state index in [1.165, 1.54) is 0 Å². The lowest BCUT2D eigenvalue weighted by molar-refractivity contribution is -0.139. The van der Waals surface area contributed by atoms with Gasteiger partial charge in [0.1, 0.15) is 0 Å². The molecule has 0 aromatic carbocycles. The minimum Gasteiger partial charge on any atom is -0.481 e. The van der Waals surface area contributed by atoms with Crippen LogP contribution in [0.5, 0.6) is 0 Å². The zero-order valence-electron chi connectivity index (χ0n) is 11.7. The molecule has 1 saturated heterocycles. The molecule has 20 heavy (non-hydrogen) atoms. The number of aliphatic carboxylic acids is 1.